The van der Waals surface area contributed by atoms with Crippen molar-refractivity contribution in [2.45, 2.75) is 25.8 Å². The summed E-state index contributed by atoms with van der Waals surface area (Å²) >= 11 is 0. The van der Waals surface area contributed by atoms with Gasteiger partial charge in [0, 0.05) is 13.1 Å². The van der Waals surface area contributed by atoms with Crippen LogP contribution in [0.2, 0.25) is 0 Å². The first kappa shape index (κ1) is 14.2. The molecule has 1 saturated heterocycles. The highest BCUT2D eigenvalue weighted by Crippen LogP contribution is 2.24. The monoisotopic (exact) mass is 276 g/mol. The van der Waals surface area contributed by atoms with Crippen LogP contribution in [0.4, 0.5) is 11.4 Å². The van der Waals surface area contributed by atoms with Gasteiger partial charge < -0.3 is 21.7 Å². The molecular weight excluding hydrogens is 256 g/mol. The predicted octanol–water partition coefficient (Wildman–Crippen LogP) is 0.790. The van der Waals surface area contributed by atoms with E-state index < -0.39 is 11.9 Å². The van der Waals surface area contributed by atoms with Crippen LogP contribution >= 0.6 is 0 Å². The molecule has 1 aromatic carbocycles. The van der Waals surface area contributed by atoms with Crippen LogP contribution in [0.1, 0.15) is 30.1 Å². The molecule has 0 saturated carbocycles. The zero-order valence-corrected chi connectivity index (χ0v) is 11.6. The van der Waals surface area contributed by atoms with E-state index in [2.05, 4.69) is 5.32 Å². The number of nitrogens with one attached hydrogen (secondary N) is 1. The van der Waals surface area contributed by atoms with E-state index in [1.54, 1.807) is 25.1 Å². The fourth-order valence-corrected chi connectivity index (χ4v) is 2.43. The number of nitrogens with two attached hydrogens (primary N) is 2. The quantitative estimate of drug-likeness (QED) is 0.708. The van der Waals surface area contributed by atoms with E-state index in [1.165, 1.54) is 0 Å². The number of likely N-dealkylation sites (tertiary alicyclic amines) is 1. The van der Waals surface area contributed by atoms with Crippen molar-refractivity contribution in [3.05, 3.63) is 23.8 Å². The average molecular weight is 276 g/mol. The van der Waals surface area contributed by atoms with E-state index in [0.29, 0.717) is 16.9 Å². The summed E-state index contributed by atoms with van der Waals surface area (Å²) in [7, 11) is 0. The molecular formula is C14H20N4O2. The minimum Gasteiger partial charge on any atom is -0.397 e. The Balaban J connectivity index is 2.16. The molecule has 0 bridgehead atoms. The molecule has 0 aromatic heterocycles. The lowest BCUT2D eigenvalue weighted by Gasteiger charge is -2.23. The predicted molar refractivity (Wildman–Crippen MR) is 78.3 cm³/mol. The van der Waals surface area contributed by atoms with Crippen molar-refractivity contribution in [1.29, 1.82) is 0 Å². The molecule has 1 unspecified atom stereocenters. The van der Waals surface area contributed by atoms with Gasteiger partial charge in [0.1, 0.15) is 6.04 Å². The summed E-state index contributed by atoms with van der Waals surface area (Å²) in [5, 5.41) is 3.02. The minimum absolute atomic E-state index is 0.0150. The van der Waals surface area contributed by atoms with Gasteiger partial charge in [-0.1, -0.05) is 6.07 Å². The Morgan fingerprint density at radius 1 is 1.30 bits per heavy atom. The highest BCUT2D eigenvalue weighted by atomic mass is 16.2. The number of carbonyl (C=O) groups excluding carboxylic acids is 2. The molecule has 0 radical (unpaired) electrons. The molecule has 1 aromatic rings. The minimum atomic E-state index is -0.569. The summed E-state index contributed by atoms with van der Waals surface area (Å²) in [6.07, 6.45) is 2.08. The lowest BCUT2D eigenvalue weighted by molar-refractivity contribution is -0.130. The lowest BCUT2D eigenvalue weighted by atomic mass is 10.1. The van der Waals surface area contributed by atoms with E-state index in [9.17, 15) is 9.59 Å². The van der Waals surface area contributed by atoms with Gasteiger partial charge in [-0.2, -0.15) is 0 Å². The average Bonchev–Trinajstić information content (AvgIpc) is 2.93. The topological polar surface area (TPSA) is 101 Å². The van der Waals surface area contributed by atoms with Crippen molar-refractivity contribution in [3.8, 4) is 0 Å². The Bertz CT molecular complexity index is 524. The number of carbonyl (C=O) groups is 2. The highest BCUT2D eigenvalue weighted by Gasteiger charge is 2.24. The van der Waals surface area contributed by atoms with Crippen LogP contribution in [0.25, 0.3) is 0 Å². The second kappa shape index (κ2) is 5.81. The van der Waals surface area contributed by atoms with Gasteiger partial charge in [0.25, 0.3) is 5.91 Å². The summed E-state index contributed by atoms with van der Waals surface area (Å²) in [5.41, 5.74) is 12.3. The smallest absolute Gasteiger partial charge is 0.250 e. The third kappa shape index (κ3) is 2.84. The maximum absolute atomic E-state index is 12.2. The maximum atomic E-state index is 12.2. The summed E-state index contributed by atoms with van der Waals surface area (Å²) in [6.45, 7) is 3.34. The van der Waals surface area contributed by atoms with Gasteiger partial charge in [0.05, 0.1) is 16.9 Å². The first-order valence-electron chi connectivity index (χ1n) is 6.74. The molecule has 1 atom stereocenters. The molecule has 6 heteroatoms. The van der Waals surface area contributed by atoms with Crippen molar-refractivity contribution in [3.63, 3.8) is 0 Å². The van der Waals surface area contributed by atoms with Crippen molar-refractivity contribution < 1.29 is 9.59 Å². The molecule has 2 amide bonds. The Morgan fingerprint density at radius 2 is 1.95 bits per heavy atom. The van der Waals surface area contributed by atoms with Crippen molar-refractivity contribution in [2.24, 2.45) is 5.73 Å². The molecule has 1 aliphatic heterocycles. The molecule has 5 N–H and O–H groups in total. The van der Waals surface area contributed by atoms with Crippen molar-refractivity contribution in [2.75, 3.05) is 24.1 Å². The van der Waals surface area contributed by atoms with E-state index in [4.69, 9.17) is 11.5 Å². The number of nitrogens with zero attached hydrogens (tertiary/aromatic N) is 1. The Hall–Kier alpha value is -2.24. The third-order valence-electron chi connectivity index (χ3n) is 3.51. The van der Waals surface area contributed by atoms with Crippen LogP contribution in [0.5, 0.6) is 0 Å². The largest absolute Gasteiger partial charge is 0.397 e. The van der Waals surface area contributed by atoms with E-state index in [0.717, 1.165) is 25.9 Å². The first-order valence-corrected chi connectivity index (χ1v) is 6.74. The fraction of sp³-hybridized carbons (Fsp3) is 0.429. The first-order chi connectivity index (χ1) is 9.50. The van der Waals surface area contributed by atoms with Gasteiger partial charge in [-0.25, -0.2) is 0 Å². The summed E-state index contributed by atoms with van der Waals surface area (Å²) in [5.74, 6) is -0.554. The summed E-state index contributed by atoms with van der Waals surface area (Å²) < 4.78 is 0. The maximum Gasteiger partial charge on any atom is 0.250 e. The number of hydrogen-bond acceptors (Lipinski definition) is 4. The lowest BCUT2D eigenvalue weighted by Crippen LogP contribution is -2.40. The number of benzene rings is 1. The van der Waals surface area contributed by atoms with Gasteiger partial charge in [-0.05, 0) is 31.9 Å². The Kier molecular flexibility index (Phi) is 4.12. The number of nitrogen functional groups attached to an aromatic ring is 1. The van der Waals surface area contributed by atoms with Crippen LogP contribution in [0, 0.1) is 0 Å². The Labute approximate surface area is 118 Å². The van der Waals surface area contributed by atoms with Gasteiger partial charge in [-0.15, -0.1) is 0 Å². The van der Waals surface area contributed by atoms with Crippen molar-refractivity contribution >= 4 is 23.2 Å². The zero-order valence-electron chi connectivity index (χ0n) is 11.6. The number of primary amides is 1. The SMILES string of the molecule is CC(Nc1c(N)cccc1C(N)=O)C(=O)N1CCCC1. The number of rotatable bonds is 4. The van der Waals surface area contributed by atoms with E-state index in [1.807, 2.05) is 4.90 Å². The highest BCUT2D eigenvalue weighted by molar-refractivity contribution is 6.02. The third-order valence-corrected chi connectivity index (χ3v) is 3.51. The van der Waals surface area contributed by atoms with Gasteiger partial charge >= 0.3 is 0 Å². The van der Waals surface area contributed by atoms with Crippen LogP contribution < -0.4 is 16.8 Å². The van der Waals surface area contributed by atoms with Gasteiger partial charge in [0.2, 0.25) is 5.91 Å². The van der Waals surface area contributed by atoms with E-state index in [-0.39, 0.29) is 5.91 Å². The molecule has 1 heterocycles. The Morgan fingerprint density at radius 3 is 2.55 bits per heavy atom. The van der Waals surface area contributed by atoms with Crippen LogP contribution in [-0.2, 0) is 4.79 Å². The van der Waals surface area contributed by atoms with Gasteiger partial charge in [0.15, 0.2) is 0 Å². The second-order valence-electron chi connectivity index (χ2n) is 5.03. The number of anilines is 2. The van der Waals surface area contributed by atoms with Crippen LogP contribution in [0.3, 0.4) is 0 Å². The number of para-hydroxylation sites is 1. The number of amides is 2. The second-order valence-corrected chi connectivity index (χ2v) is 5.03. The summed E-state index contributed by atoms with van der Waals surface area (Å²) in [6, 6.07) is 4.47. The molecule has 2 rings (SSSR count). The molecule has 1 aliphatic rings. The van der Waals surface area contributed by atoms with Crippen LogP contribution in [-0.4, -0.2) is 35.8 Å². The van der Waals surface area contributed by atoms with Crippen molar-refractivity contribution in [1.82, 2.24) is 4.90 Å². The molecule has 108 valence electrons. The molecule has 6 nitrogen and oxygen atoms in total. The molecule has 0 aliphatic carbocycles. The van der Waals surface area contributed by atoms with Crippen LogP contribution in [0.15, 0.2) is 18.2 Å². The van der Waals surface area contributed by atoms with Gasteiger partial charge in [-0.3, -0.25) is 9.59 Å². The molecule has 1 fully saturated rings. The van der Waals surface area contributed by atoms with E-state index >= 15 is 0 Å². The zero-order chi connectivity index (χ0) is 14.7. The molecule has 0 spiro atoms. The normalized spacial score (nSPS) is 15.9. The fourth-order valence-electron chi connectivity index (χ4n) is 2.43. The number of hydrogen-bond donors (Lipinski definition) is 3. The standard InChI is InChI=1S/C14H20N4O2/c1-9(14(20)18-7-2-3-8-18)17-12-10(13(16)19)5-4-6-11(12)15/h4-6,9,17H,2-3,7-8,15H2,1H3,(H2,16,19). The molecule has 20 heavy (non-hydrogen) atoms. The summed E-state index contributed by atoms with van der Waals surface area (Å²) in [4.78, 5) is 25.5.